The zero-order valence-corrected chi connectivity index (χ0v) is 10.5. The number of hydrogen-bond acceptors (Lipinski definition) is 4. The van der Waals surface area contributed by atoms with Crippen molar-refractivity contribution in [2.45, 2.75) is 46.0 Å². The van der Waals surface area contributed by atoms with Crippen LogP contribution in [0.1, 0.15) is 46.0 Å². The molecule has 0 aliphatic heterocycles. The molecule has 0 radical (unpaired) electrons. The predicted octanol–water partition coefficient (Wildman–Crippen LogP) is 1.90. The van der Waals surface area contributed by atoms with E-state index in [4.69, 9.17) is 4.74 Å². The van der Waals surface area contributed by atoms with Gasteiger partial charge in [-0.1, -0.05) is 6.92 Å². The molecule has 1 rings (SSSR count). The van der Waals surface area contributed by atoms with Gasteiger partial charge in [-0.2, -0.15) is 0 Å². The fraction of sp³-hybridized carbons (Fsp3) is 0.769. The molecular formula is C13H20O4. The lowest BCUT2D eigenvalue weighted by Crippen LogP contribution is -2.34. The average molecular weight is 240 g/mol. The molecule has 1 saturated carbocycles. The van der Waals surface area contributed by atoms with Crippen molar-refractivity contribution in [3.05, 3.63) is 0 Å². The molecule has 96 valence electrons. The largest absolute Gasteiger partial charge is 0.466 e. The van der Waals surface area contributed by atoms with E-state index in [-0.39, 0.29) is 23.5 Å². The number of rotatable bonds is 5. The third-order valence-corrected chi connectivity index (χ3v) is 3.15. The van der Waals surface area contributed by atoms with Crippen LogP contribution in [0.25, 0.3) is 0 Å². The molecule has 0 aromatic carbocycles. The van der Waals surface area contributed by atoms with Crippen molar-refractivity contribution in [1.29, 1.82) is 0 Å². The van der Waals surface area contributed by atoms with Crippen molar-refractivity contribution < 1.29 is 19.1 Å². The van der Waals surface area contributed by atoms with Crippen LogP contribution in [-0.4, -0.2) is 24.1 Å². The number of carbonyl (C=O) groups excluding carboxylic acids is 3. The molecule has 2 atom stereocenters. The predicted molar refractivity (Wildman–Crippen MR) is 62.4 cm³/mol. The fourth-order valence-electron chi connectivity index (χ4n) is 2.23. The zero-order valence-electron chi connectivity index (χ0n) is 10.5. The van der Waals surface area contributed by atoms with E-state index in [2.05, 4.69) is 0 Å². The minimum Gasteiger partial charge on any atom is -0.466 e. The van der Waals surface area contributed by atoms with Gasteiger partial charge in [0.05, 0.1) is 18.4 Å². The van der Waals surface area contributed by atoms with Crippen molar-refractivity contribution >= 4 is 17.5 Å². The molecule has 0 saturated heterocycles. The van der Waals surface area contributed by atoms with Gasteiger partial charge in [-0.25, -0.2) is 0 Å². The van der Waals surface area contributed by atoms with Crippen LogP contribution in [0.4, 0.5) is 0 Å². The monoisotopic (exact) mass is 240 g/mol. The summed E-state index contributed by atoms with van der Waals surface area (Å²) in [5.74, 6) is -1.15. The summed E-state index contributed by atoms with van der Waals surface area (Å²) in [6.07, 6.45) is 2.35. The Morgan fingerprint density at radius 1 is 1.35 bits per heavy atom. The van der Waals surface area contributed by atoms with Gasteiger partial charge >= 0.3 is 5.97 Å². The third-order valence-electron chi connectivity index (χ3n) is 3.15. The van der Waals surface area contributed by atoms with E-state index in [0.29, 0.717) is 32.3 Å². The van der Waals surface area contributed by atoms with Crippen molar-refractivity contribution in [2.24, 2.45) is 11.8 Å². The summed E-state index contributed by atoms with van der Waals surface area (Å²) in [5.41, 5.74) is 0. The molecule has 4 heteroatoms. The van der Waals surface area contributed by atoms with E-state index in [1.165, 1.54) is 0 Å². The Morgan fingerprint density at radius 3 is 2.65 bits per heavy atom. The molecule has 0 spiro atoms. The quantitative estimate of drug-likeness (QED) is 0.544. The summed E-state index contributed by atoms with van der Waals surface area (Å²) in [6, 6.07) is 0. The van der Waals surface area contributed by atoms with Crippen molar-refractivity contribution in [3.8, 4) is 0 Å². The molecular weight excluding hydrogens is 220 g/mol. The maximum atomic E-state index is 11.8. The van der Waals surface area contributed by atoms with Gasteiger partial charge in [-0.3, -0.25) is 14.4 Å². The Kier molecular flexibility index (Phi) is 5.32. The number of ketones is 2. The Hall–Kier alpha value is -1.19. The molecule has 17 heavy (non-hydrogen) atoms. The first-order valence-corrected chi connectivity index (χ1v) is 6.32. The molecule has 4 nitrogen and oxygen atoms in total. The smallest absolute Gasteiger partial charge is 0.308 e. The first-order valence-electron chi connectivity index (χ1n) is 6.32. The zero-order chi connectivity index (χ0) is 12.8. The SMILES string of the molecule is CCCC(=O)C1CC(C(=O)OCC)CCC1=O. The van der Waals surface area contributed by atoms with Crippen LogP contribution in [0.15, 0.2) is 0 Å². The summed E-state index contributed by atoms with van der Waals surface area (Å²) >= 11 is 0. The van der Waals surface area contributed by atoms with E-state index in [1.54, 1.807) is 6.92 Å². The molecule has 0 aromatic rings. The summed E-state index contributed by atoms with van der Waals surface area (Å²) in [5, 5.41) is 0. The Morgan fingerprint density at radius 2 is 2.06 bits per heavy atom. The lowest BCUT2D eigenvalue weighted by molar-refractivity contribution is -0.151. The van der Waals surface area contributed by atoms with E-state index in [9.17, 15) is 14.4 Å². The van der Waals surface area contributed by atoms with E-state index < -0.39 is 5.92 Å². The molecule has 1 aliphatic carbocycles. The van der Waals surface area contributed by atoms with E-state index in [0.717, 1.165) is 6.42 Å². The first kappa shape index (κ1) is 13.9. The first-order chi connectivity index (χ1) is 8.10. The molecule has 0 N–H and O–H groups in total. The molecule has 0 bridgehead atoms. The highest BCUT2D eigenvalue weighted by Crippen LogP contribution is 2.29. The average Bonchev–Trinajstić information content (AvgIpc) is 2.30. The van der Waals surface area contributed by atoms with Gasteiger partial charge in [0.2, 0.25) is 0 Å². The van der Waals surface area contributed by atoms with Gasteiger partial charge in [-0.05, 0) is 26.2 Å². The highest BCUT2D eigenvalue weighted by molar-refractivity contribution is 6.03. The third kappa shape index (κ3) is 3.65. The van der Waals surface area contributed by atoms with Crippen LogP contribution in [0.5, 0.6) is 0 Å². The standard InChI is InChI=1S/C13H20O4/c1-3-5-11(14)10-8-9(6-7-12(10)15)13(16)17-4-2/h9-10H,3-8H2,1-2H3. The second-order valence-electron chi connectivity index (χ2n) is 4.46. The number of Topliss-reactive ketones (excluding diaryl/α,β-unsaturated/α-hetero) is 2. The molecule has 1 aliphatic rings. The number of esters is 1. The molecule has 0 heterocycles. The number of carbonyl (C=O) groups is 3. The lowest BCUT2D eigenvalue weighted by atomic mass is 9.77. The molecule has 0 aromatic heterocycles. The molecule has 2 unspecified atom stereocenters. The van der Waals surface area contributed by atoms with Crippen LogP contribution in [0, 0.1) is 11.8 Å². The van der Waals surface area contributed by atoms with Crippen molar-refractivity contribution in [3.63, 3.8) is 0 Å². The number of hydrogen-bond donors (Lipinski definition) is 0. The van der Waals surface area contributed by atoms with E-state index >= 15 is 0 Å². The van der Waals surface area contributed by atoms with Gasteiger partial charge in [0.15, 0.2) is 0 Å². The topological polar surface area (TPSA) is 60.4 Å². The lowest BCUT2D eigenvalue weighted by Gasteiger charge is -2.25. The normalized spacial score (nSPS) is 24.5. The maximum absolute atomic E-state index is 11.8. The summed E-state index contributed by atoms with van der Waals surface area (Å²) in [7, 11) is 0. The van der Waals surface area contributed by atoms with Gasteiger partial charge in [-0.15, -0.1) is 0 Å². The van der Waals surface area contributed by atoms with Gasteiger partial charge in [0.25, 0.3) is 0 Å². The molecule has 0 amide bonds. The summed E-state index contributed by atoms with van der Waals surface area (Å²) in [4.78, 5) is 35.0. The van der Waals surface area contributed by atoms with Crippen LogP contribution >= 0.6 is 0 Å². The van der Waals surface area contributed by atoms with Gasteiger partial charge in [0.1, 0.15) is 11.6 Å². The summed E-state index contributed by atoms with van der Waals surface area (Å²) < 4.78 is 4.94. The Bertz CT molecular complexity index is 309. The van der Waals surface area contributed by atoms with Crippen LogP contribution < -0.4 is 0 Å². The number of ether oxygens (including phenoxy) is 1. The minimum absolute atomic E-state index is 0.0102. The highest BCUT2D eigenvalue weighted by Gasteiger charge is 2.36. The fourth-order valence-corrected chi connectivity index (χ4v) is 2.23. The molecule has 1 fully saturated rings. The van der Waals surface area contributed by atoms with Crippen LogP contribution in [0.2, 0.25) is 0 Å². The van der Waals surface area contributed by atoms with Gasteiger partial charge in [0, 0.05) is 12.8 Å². The highest BCUT2D eigenvalue weighted by atomic mass is 16.5. The second-order valence-corrected chi connectivity index (χ2v) is 4.46. The maximum Gasteiger partial charge on any atom is 0.308 e. The van der Waals surface area contributed by atoms with Crippen molar-refractivity contribution in [1.82, 2.24) is 0 Å². The van der Waals surface area contributed by atoms with Crippen molar-refractivity contribution in [2.75, 3.05) is 6.61 Å². The Balaban J connectivity index is 2.62. The second kappa shape index (κ2) is 6.52. The summed E-state index contributed by atoms with van der Waals surface area (Å²) in [6.45, 7) is 4.01. The van der Waals surface area contributed by atoms with E-state index in [1.807, 2.05) is 6.92 Å². The minimum atomic E-state index is -0.571. The van der Waals surface area contributed by atoms with Gasteiger partial charge < -0.3 is 4.74 Å². The Labute approximate surface area is 102 Å². The van der Waals surface area contributed by atoms with Crippen LogP contribution in [0.3, 0.4) is 0 Å². The van der Waals surface area contributed by atoms with Crippen LogP contribution in [-0.2, 0) is 19.1 Å².